The Labute approximate surface area is 152 Å². The maximum atomic E-state index is 12.5. The van der Waals surface area contributed by atoms with Crippen LogP contribution in [0.15, 0.2) is 42.9 Å². The van der Waals surface area contributed by atoms with Crippen molar-refractivity contribution in [2.24, 2.45) is 0 Å². The molecule has 1 aromatic carbocycles. The summed E-state index contributed by atoms with van der Waals surface area (Å²) in [5.41, 5.74) is 1.33. The molecule has 136 valence electrons. The molecule has 2 amide bonds. The van der Waals surface area contributed by atoms with Crippen molar-refractivity contribution in [3.8, 4) is 5.75 Å². The monoisotopic (exact) mass is 354 g/mol. The lowest BCUT2D eigenvalue weighted by Gasteiger charge is -2.22. The van der Waals surface area contributed by atoms with Crippen LogP contribution in [0.4, 0.5) is 0 Å². The van der Waals surface area contributed by atoms with Crippen molar-refractivity contribution >= 4 is 11.8 Å². The summed E-state index contributed by atoms with van der Waals surface area (Å²) in [6, 6.07) is 7.62. The summed E-state index contributed by atoms with van der Waals surface area (Å²) in [7, 11) is 0. The number of carbonyl (C=O) groups is 2. The Morgan fingerprint density at radius 2 is 1.85 bits per heavy atom. The highest BCUT2D eigenvalue weighted by Gasteiger charge is 2.23. The second kappa shape index (κ2) is 8.42. The predicted octanol–water partition coefficient (Wildman–Crippen LogP) is 1.54. The number of amides is 2. The average molecular weight is 354 g/mol. The summed E-state index contributed by atoms with van der Waals surface area (Å²) in [5, 5.41) is 0. The zero-order valence-electron chi connectivity index (χ0n) is 14.8. The van der Waals surface area contributed by atoms with E-state index in [1.807, 2.05) is 31.2 Å². The predicted molar refractivity (Wildman–Crippen MR) is 95.8 cm³/mol. The largest absolute Gasteiger partial charge is 0.484 e. The van der Waals surface area contributed by atoms with E-state index in [1.54, 1.807) is 9.80 Å². The molecule has 0 radical (unpaired) electrons. The number of ether oxygens (including phenoxy) is 1. The van der Waals surface area contributed by atoms with Crippen LogP contribution in [-0.2, 0) is 4.79 Å². The molecule has 3 rings (SSSR count). The number of para-hydroxylation sites is 1. The third-order valence-electron chi connectivity index (χ3n) is 4.36. The number of benzene rings is 1. The molecule has 0 aliphatic carbocycles. The van der Waals surface area contributed by atoms with Crippen molar-refractivity contribution in [2.45, 2.75) is 13.3 Å². The van der Waals surface area contributed by atoms with E-state index < -0.39 is 0 Å². The van der Waals surface area contributed by atoms with Crippen LogP contribution in [0.2, 0.25) is 0 Å². The van der Waals surface area contributed by atoms with Gasteiger partial charge in [0.05, 0.1) is 6.20 Å². The fourth-order valence-electron chi connectivity index (χ4n) is 2.89. The maximum absolute atomic E-state index is 12.5. The Balaban J connectivity index is 1.54. The first-order chi connectivity index (χ1) is 12.6. The van der Waals surface area contributed by atoms with E-state index in [9.17, 15) is 9.59 Å². The highest BCUT2D eigenvalue weighted by atomic mass is 16.5. The summed E-state index contributed by atoms with van der Waals surface area (Å²) in [6.07, 6.45) is 5.23. The molecule has 26 heavy (non-hydrogen) atoms. The highest BCUT2D eigenvalue weighted by Crippen LogP contribution is 2.16. The van der Waals surface area contributed by atoms with Crippen LogP contribution >= 0.6 is 0 Å². The molecule has 1 saturated heterocycles. The normalized spacial score (nSPS) is 14.7. The van der Waals surface area contributed by atoms with Gasteiger partial charge >= 0.3 is 0 Å². The van der Waals surface area contributed by atoms with Crippen molar-refractivity contribution in [1.29, 1.82) is 0 Å². The molecule has 0 atom stereocenters. The minimum Gasteiger partial charge on any atom is -0.484 e. The van der Waals surface area contributed by atoms with Gasteiger partial charge in [-0.05, 0) is 25.0 Å². The molecule has 1 fully saturated rings. The van der Waals surface area contributed by atoms with E-state index in [-0.39, 0.29) is 18.4 Å². The molecular weight excluding hydrogens is 332 g/mol. The first-order valence-corrected chi connectivity index (χ1v) is 8.66. The molecule has 0 bridgehead atoms. The van der Waals surface area contributed by atoms with E-state index in [2.05, 4.69) is 9.97 Å². The molecule has 1 aliphatic rings. The van der Waals surface area contributed by atoms with Gasteiger partial charge in [-0.3, -0.25) is 14.6 Å². The number of carbonyl (C=O) groups excluding carboxylic acids is 2. The van der Waals surface area contributed by atoms with E-state index in [4.69, 9.17) is 4.74 Å². The quantitative estimate of drug-likeness (QED) is 0.832. The Kier molecular flexibility index (Phi) is 5.78. The molecule has 0 saturated carbocycles. The van der Waals surface area contributed by atoms with Gasteiger partial charge in [0.15, 0.2) is 6.61 Å². The summed E-state index contributed by atoms with van der Waals surface area (Å²) < 4.78 is 5.65. The Morgan fingerprint density at radius 3 is 2.62 bits per heavy atom. The molecule has 1 aromatic heterocycles. The van der Waals surface area contributed by atoms with Crippen LogP contribution in [0.5, 0.6) is 5.75 Å². The second-order valence-electron chi connectivity index (χ2n) is 6.17. The summed E-state index contributed by atoms with van der Waals surface area (Å²) in [5.74, 6) is 0.501. The minimum atomic E-state index is -0.149. The third kappa shape index (κ3) is 4.36. The van der Waals surface area contributed by atoms with Gasteiger partial charge in [-0.15, -0.1) is 0 Å². The zero-order valence-corrected chi connectivity index (χ0v) is 14.8. The number of nitrogens with zero attached hydrogens (tertiary/aromatic N) is 4. The van der Waals surface area contributed by atoms with Crippen molar-refractivity contribution in [3.05, 3.63) is 54.1 Å². The number of aryl methyl sites for hydroxylation is 1. The Morgan fingerprint density at radius 1 is 1.08 bits per heavy atom. The standard InChI is InChI=1S/C19H22N4O3/c1-15-5-2-3-6-17(15)26-14-18(24)22-9-4-10-23(12-11-22)19(25)16-13-20-7-8-21-16/h2-3,5-8,13H,4,9-12,14H2,1H3. The van der Waals surface area contributed by atoms with Crippen LogP contribution in [0.25, 0.3) is 0 Å². The van der Waals surface area contributed by atoms with Gasteiger partial charge in [-0.1, -0.05) is 18.2 Å². The number of aromatic nitrogens is 2. The summed E-state index contributed by atoms with van der Waals surface area (Å²) >= 11 is 0. The van der Waals surface area contributed by atoms with E-state index >= 15 is 0 Å². The number of hydrogen-bond acceptors (Lipinski definition) is 5. The molecule has 7 nitrogen and oxygen atoms in total. The number of hydrogen-bond donors (Lipinski definition) is 0. The summed E-state index contributed by atoms with van der Waals surface area (Å²) in [6.45, 7) is 4.12. The van der Waals surface area contributed by atoms with Gasteiger partial charge in [-0.25, -0.2) is 4.98 Å². The minimum absolute atomic E-state index is 0.00294. The van der Waals surface area contributed by atoms with Crippen LogP contribution in [0, 0.1) is 6.92 Å². The van der Waals surface area contributed by atoms with E-state index in [0.29, 0.717) is 31.9 Å². The first-order valence-electron chi connectivity index (χ1n) is 8.66. The van der Waals surface area contributed by atoms with Gasteiger partial charge in [0.2, 0.25) is 0 Å². The van der Waals surface area contributed by atoms with Crippen molar-refractivity contribution in [1.82, 2.24) is 19.8 Å². The Hall–Kier alpha value is -2.96. The van der Waals surface area contributed by atoms with Crippen LogP contribution in [0.1, 0.15) is 22.5 Å². The molecule has 0 spiro atoms. The molecule has 0 unspecified atom stereocenters. The molecule has 2 heterocycles. The van der Waals surface area contributed by atoms with E-state index in [1.165, 1.54) is 18.6 Å². The smallest absolute Gasteiger partial charge is 0.274 e. The molecular formula is C19H22N4O3. The van der Waals surface area contributed by atoms with Crippen molar-refractivity contribution < 1.29 is 14.3 Å². The van der Waals surface area contributed by atoms with E-state index in [0.717, 1.165) is 17.7 Å². The summed E-state index contributed by atoms with van der Waals surface area (Å²) in [4.78, 5) is 36.4. The topological polar surface area (TPSA) is 75.6 Å². The van der Waals surface area contributed by atoms with Crippen molar-refractivity contribution in [2.75, 3.05) is 32.8 Å². The SMILES string of the molecule is Cc1ccccc1OCC(=O)N1CCCN(C(=O)c2cnccn2)CC1. The lowest BCUT2D eigenvalue weighted by atomic mass is 10.2. The highest BCUT2D eigenvalue weighted by molar-refractivity contribution is 5.92. The average Bonchev–Trinajstić information content (AvgIpc) is 2.93. The fraction of sp³-hybridized carbons (Fsp3) is 0.368. The van der Waals surface area contributed by atoms with Gasteiger partial charge in [0.25, 0.3) is 11.8 Å². The number of rotatable bonds is 4. The molecule has 0 N–H and O–H groups in total. The molecule has 7 heteroatoms. The van der Waals surface area contributed by atoms with Gasteiger partial charge < -0.3 is 14.5 Å². The molecule has 1 aliphatic heterocycles. The van der Waals surface area contributed by atoms with Crippen LogP contribution in [0.3, 0.4) is 0 Å². The fourth-order valence-corrected chi connectivity index (χ4v) is 2.89. The maximum Gasteiger partial charge on any atom is 0.274 e. The van der Waals surface area contributed by atoms with Gasteiger partial charge in [-0.2, -0.15) is 0 Å². The van der Waals surface area contributed by atoms with Gasteiger partial charge in [0, 0.05) is 38.6 Å². The second-order valence-corrected chi connectivity index (χ2v) is 6.17. The lowest BCUT2D eigenvalue weighted by molar-refractivity contribution is -0.133. The van der Waals surface area contributed by atoms with Gasteiger partial charge in [0.1, 0.15) is 11.4 Å². The zero-order chi connectivity index (χ0) is 18.4. The first kappa shape index (κ1) is 17.8. The Bertz CT molecular complexity index is 766. The molecule has 2 aromatic rings. The van der Waals surface area contributed by atoms with Crippen LogP contribution in [-0.4, -0.2) is 64.4 Å². The lowest BCUT2D eigenvalue weighted by Crippen LogP contribution is -2.39. The van der Waals surface area contributed by atoms with Crippen molar-refractivity contribution in [3.63, 3.8) is 0 Å². The third-order valence-corrected chi connectivity index (χ3v) is 4.36. The van der Waals surface area contributed by atoms with Crippen LogP contribution < -0.4 is 4.74 Å².